The summed E-state index contributed by atoms with van der Waals surface area (Å²) in [5.74, 6) is -1.44. The molecule has 0 spiro atoms. The van der Waals surface area contributed by atoms with E-state index in [1.54, 1.807) is 59.5 Å². The smallest absolute Gasteiger partial charge is 0.343 e. The van der Waals surface area contributed by atoms with Gasteiger partial charge in [-0.1, -0.05) is 24.3 Å². The molecule has 9 heteroatoms. The lowest BCUT2D eigenvalue weighted by Gasteiger charge is -2.26. The number of aliphatic carboxylic acids is 1. The Morgan fingerprint density at radius 2 is 1.83 bits per heavy atom. The first-order chi connectivity index (χ1) is 16.7. The number of carbonyl (C=O) groups is 3. The number of anilines is 1. The number of carboxylic acids is 1. The van der Waals surface area contributed by atoms with Crippen molar-refractivity contribution in [3.05, 3.63) is 94.8 Å². The summed E-state index contributed by atoms with van der Waals surface area (Å²) in [4.78, 5) is 37.9. The van der Waals surface area contributed by atoms with Gasteiger partial charge in [-0.2, -0.15) is 0 Å². The summed E-state index contributed by atoms with van der Waals surface area (Å²) in [5.41, 5.74) is 8.79. The lowest BCUT2D eigenvalue weighted by molar-refractivity contribution is -0.138. The van der Waals surface area contributed by atoms with Crippen LogP contribution in [0.1, 0.15) is 32.4 Å². The number of halogens is 1. The van der Waals surface area contributed by atoms with Gasteiger partial charge in [0.05, 0.1) is 11.3 Å². The molecule has 2 atom stereocenters. The van der Waals surface area contributed by atoms with Gasteiger partial charge in [-0.3, -0.25) is 14.5 Å². The summed E-state index contributed by atoms with van der Waals surface area (Å²) >= 11 is 1.46. The highest BCUT2D eigenvalue weighted by Gasteiger charge is 2.35. The molecule has 1 aliphatic heterocycles. The van der Waals surface area contributed by atoms with Gasteiger partial charge >= 0.3 is 11.9 Å². The van der Waals surface area contributed by atoms with Crippen LogP contribution >= 0.6 is 11.8 Å². The number of ether oxygens (including phenoxy) is 1. The van der Waals surface area contributed by atoms with Gasteiger partial charge in [-0.15, -0.1) is 11.8 Å². The van der Waals surface area contributed by atoms with Crippen LogP contribution in [0.3, 0.4) is 0 Å². The Balaban J connectivity index is 1.48. The van der Waals surface area contributed by atoms with E-state index in [0.29, 0.717) is 28.3 Å². The molecule has 0 bridgehead atoms. The summed E-state index contributed by atoms with van der Waals surface area (Å²) in [5, 5.41) is 8.64. The van der Waals surface area contributed by atoms with Crippen LogP contribution in [0, 0.1) is 12.7 Å². The quantitative estimate of drug-likeness (QED) is 0.376. The zero-order valence-electron chi connectivity index (χ0n) is 18.8. The van der Waals surface area contributed by atoms with Gasteiger partial charge in [0.25, 0.3) is 0 Å². The fourth-order valence-electron chi connectivity index (χ4n) is 3.81. The molecule has 3 aromatic carbocycles. The summed E-state index contributed by atoms with van der Waals surface area (Å²) in [6, 6.07) is 16.5. The highest BCUT2D eigenvalue weighted by molar-refractivity contribution is 8.00. The number of carbonyl (C=O) groups excluding carboxylic acids is 2. The lowest BCUT2D eigenvalue weighted by Crippen LogP contribution is -2.32. The van der Waals surface area contributed by atoms with Crippen molar-refractivity contribution in [2.45, 2.75) is 24.8 Å². The van der Waals surface area contributed by atoms with Gasteiger partial charge in [0, 0.05) is 5.69 Å². The molecular formula is C26H23FN2O5S. The third-order valence-electron chi connectivity index (χ3n) is 5.62. The summed E-state index contributed by atoms with van der Waals surface area (Å²) in [7, 11) is 0. The number of nitrogens with two attached hydrogens (primary N) is 1. The van der Waals surface area contributed by atoms with E-state index >= 15 is 0 Å². The second-order valence-corrected chi connectivity index (χ2v) is 9.23. The Morgan fingerprint density at radius 3 is 2.46 bits per heavy atom. The van der Waals surface area contributed by atoms with Crippen LogP contribution in [0.25, 0.3) is 0 Å². The van der Waals surface area contributed by atoms with Crippen molar-refractivity contribution >= 4 is 35.3 Å². The van der Waals surface area contributed by atoms with E-state index in [9.17, 15) is 18.8 Å². The van der Waals surface area contributed by atoms with Crippen molar-refractivity contribution in [3.8, 4) is 5.75 Å². The van der Waals surface area contributed by atoms with E-state index in [-0.39, 0.29) is 23.5 Å². The number of thioether (sulfide) groups is 1. The van der Waals surface area contributed by atoms with Crippen LogP contribution in [0.15, 0.2) is 66.7 Å². The SMILES string of the molecule is Cc1cc(C(=O)Oc2ccc(CC(N)C(=O)O)cc2)ccc1N1C(=O)CSC1c1ccc(F)cc1. The molecule has 0 aromatic heterocycles. The Labute approximate surface area is 205 Å². The maximum Gasteiger partial charge on any atom is 0.343 e. The Kier molecular flexibility index (Phi) is 7.18. The maximum absolute atomic E-state index is 13.4. The first-order valence-electron chi connectivity index (χ1n) is 10.8. The number of amides is 1. The van der Waals surface area contributed by atoms with Crippen molar-refractivity contribution in [3.63, 3.8) is 0 Å². The van der Waals surface area contributed by atoms with E-state index < -0.39 is 18.0 Å². The number of hydrogen-bond donors (Lipinski definition) is 2. The predicted octanol–water partition coefficient (Wildman–Crippen LogP) is 4.09. The molecule has 1 fully saturated rings. The highest BCUT2D eigenvalue weighted by atomic mass is 32.2. The number of nitrogens with zero attached hydrogens (tertiary/aromatic N) is 1. The van der Waals surface area contributed by atoms with Crippen LogP contribution < -0.4 is 15.4 Å². The zero-order valence-corrected chi connectivity index (χ0v) is 19.6. The van der Waals surface area contributed by atoms with Crippen LogP contribution in [-0.4, -0.2) is 34.7 Å². The number of benzene rings is 3. The average molecular weight is 495 g/mol. The molecule has 35 heavy (non-hydrogen) atoms. The molecule has 3 N–H and O–H groups in total. The maximum atomic E-state index is 13.4. The minimum atomic E-state index is -1.09. The molecule has 4 rings (SSSR count). The molecular weight excluding hydrogens is 471 g/mol. The zero-order chi connectivity index (χ0) is 25.1. The molecule has 1 heterocycles. The topological polar surface area (TPSA) is 110 Å². The van der Waals surface area contributed by atoms with Crippen molar-refractivity contribution in [2.75, 3.05) is 10.7 Å². The second-order valence-electron chi connectivity index (χ2n) is 8.16. The molecule has 2 unspecified atom stereocenters. The third kappa shape index (κ3) is 5.52. The minimum absolute atomic E-state index is 0.0644. The van der Waals surface area contributed by atoms with Gasteiger partial charge in [-0.05, 0) is 72.5 Å². The summed E-state index contributed by atoms with van der Waals surface area (Å²) in [6.45, 7) is 1.81. The van der Waals surface area contributed by atoms with Crippen molar-refractivity contribution < 1.29 is 28.6 Å². The summed E-state index contributed by atoms with van der Waals surface area (Å²) in [6.07, 6.45) is 0.163. The average Bonchev–Trinajstić information content (AvgIpc) is 3.21. The van der Waals surface area contributed by atoms with Crippen molar-refractivity contribution in [1.29, 1.82) is 0 Å². The van der Waals surface area contributed by atoms with E-state index in [2.05, 4.69) is 0 Å². The Bertz CT molecular complexity index is 1260. The number of aryl methyl sites for hydroxylation is 1. The van der Waals surface area contributed by atoms with E-state index in [1.807, 2.05) is 6.92 Å². The molecule has 0 aliphatic carbocycles. The van der Waals surface area contributed by atoms with Crippen molar-refractivity contribution in [1.82, 2.24) is 0 Å². The van der Waals surface area contributed by atoms with Gasteiger partial charge in [0.15, 0.2) is 0 Å². The number of esters is 1. The normalized spacial score (nSPS) is 16.3. The van der Waals surface area contributed by atoms with Gasteiger partial charge in [0.2, 0.25) is 5.91 Å². The van der Waals surface area contributed by atoms with E-state index in [1.165, 1.54) is 23.9 Å². The molecule has 180 valence electrons. The van der Waals surface area contributed by atoms with Crippen molar-refractivity contribution in [2.24, 2.45) is 5.73 Å². The number of rotatable bonds is 7. The molecule has 0 saturated carbocycles. The fraction of sp³-hybridized carbons (Fsp3) is 0.192. The number of carboxylic acid groups (broad SMARTS) is 1. The molecule has 1 aliphatic rings. The first kappa shape index (κ1) is 24.4. The minimum Gasteiger partial charge on any atom is -0.480 e. The molecule has 3 aromatic rings. The Morgan fingerprint density at radius 1 is 1.14 bits per heavy atom. The largest absolute Gasteiger partial charge is 0.480 e. The molecule has 7 nitrogen and oxygen atoms in total. The standard InChI is InChI=1S/C26H23FN2O5S/c1-15-12-18(26(33)34-20-9-2-16(3-10-20)13-21(28)25(31)32)6-11-22(15)29-23(30)14-35-24(29)17-4-7-19(27)8-5-17/h2-12,21,24H,13-14,28H2,1H3,(H,31,32). The van der Waals surface area contributed by atoms with Crippen LogP contribution in [0.4, 0.5) is 10.1 Å². The van der Waals surface area contributed by atoms with Gasteiger partial charge in [0.1, 0.15) is 23.0 Å². The van der Waals surface area contributed by atoms with E-state index in [0.717, 1.165) is 11.1 Å². The third-order valence-corrected chi connectivity index (χ3v) is 6.83. The molecule has 0 radical (unpaired) electrons. The Hall–Kier alpha value is -3.69. The van der Waals surface area contributed by atoms with Crippen LogP contribution in [0.2, 0.25) is 0 Å². The van der Waals surface area contributed by atoms with Crippen LogP contribution in [0.5, 0.6) is 5.75 Å². The first-order valence-corrected chi connectivity index (χ1v) is 11.9. The fourth-order valence-corrected chi connectivity index (χ4v) is 4.98. The molecule has 1 amide bonds. The van der Waals surface area contributed by atoms with Gasteiger partial charge < -0.3 is 15.6 Å². The second kappa shape index (κ2) is 10.3. The monoisotopic (exact) mass is 494 g/mol. The highest BCUT2D eigenvalue weighted by Crippen LogP contribution is 2.42. The van der Waals surface area contributed by atoms with Crippen LogP contribution in [-0.2, 0) is 16.0 Å². The van der Waals surface area contributed by atoms with E-state index in [4.69, 9.17) is 15.6 Å². The molecule has 1 saturated heterocycles. The summed E-state index contributed by atoms with van der Waals surface area (Å²) < 4.78 is 18.8. The lowest BCUT2D eigenvalue weighted by atomic mass is 10.1. The number of hydrogen-bond acceptors (Lipinski definition) is 6. The predicted molar refractivity (Wildman–Crippen MR) is 131 cm³/mol. The van der Waals surface area contributed by atoms with Gasteiger partial charge in [-0.25, -0.2) is 9.18 Å².